The molecule has 2 saturated carbocycles. The first-order valence-corrected chi connectivity index (χ1v) is 43.9. The van der Waals surface area contributed by atoms with Crippen LogP contribution in [0.2, 0.25) is 0 Å². The maximum Gasteiger partial charge on any atom is 0.213 e. The fourth-order valence-electron chi connectivity index (χ4n) is 19.8. The molecule has 612 valence electrons. The predicted octanol–water partition coefficient (Wildman–Crippen LogP) is 29.5. The third kappa shape index (κ3) is 14.6. The quantitative estimate of drug-likeness (QED) is 0.135. The summed E-state index contributed by atoms with van der Waals surface area (Å²) >= 11 is 0. The minimum atomic E-state index is -2.22. The lowest BCUT2D eigenvalue weighted by Crippen LogP contribution is -2.31. The van der Waals surface area contributed by atoms with Crippen molar-refractivity contribution in [2.45, 2.75) is 132 Å². The Morgan fingerprint density at radius 3 is 1.10 bits per heavy atom. The van der Waals surface area contributed by atoms with E-state index < -0.39 is 30.9 Å². The lowest BCUT2D eigenvalue weighted by atomic mass is 9.85. The molecule has 0 atom stereocenters. The summed E-state index contributed by atoms with van der Waals surface area (Å²) in [5.74, 6) is -0.353. The van der Waals surface area contributed by atoms with Gasteiger partial charge in [-0.3, -0.25) is 0 Å². The van der Waals surface area contributed by atoms with E-state index in [4.69, 9.17) is 28.6 Å². The van der Waals surface area contributed by atoms with Gasteiger partial charge in [-0.2, -0.15) is 0 Å². The third-order valence-electron chi connectivity index (χ3n) is 26.1. The molecule has 0 unspecified atom stereocenters. The van der Waals surface area contributed by atoms with Crippen LogP contribution in [0.15, 0.2) is 309 Å². The van der Waals surface area contributed by atoms with Crippen molar-refractivity contribution in [2.75, 3.05) is 0 Å². The van der Waals surface area contributed by atoms with Crippen molar-refractivity contribution in [3.63, 3.8) is 0 Å². The summed E-state index contributed by atoms with van der Waals surface area (Å²) in [6.45, 7) is 12.0. The molecule has 2 aliphatic carbocycles. The van der Waals surface area contributed by atoms with Gasteiger partial charge >= 0.3 is 0 Å². The minimum absolute atomic E-state index is 0.0917. The first kappa shape index (κ1) is 70.3. The fraction of sp³-hybridized carbons (Fsp3) is 0.224. The number of rotatable bonds is 9. The summed E-state index contributed by atoms with van der Waals surface area (Å²) in [7, 11) is 8.02. The summed E-state index contributed by atoms with van der Waals surface area (Å²) in [5, 5.41) is 18.8. The van der Waals surface area contributed by atoms with Gasteiger partial charge in [-0.05, 0) is 221 Å². The second kappa shape index (κ2) is 32.5. The number of nitrogens with zero attached hydrogens (tertiary/aromatic N) is 4. The average molecular weight is 1630 g/mol. The number of aryl methyl sites for hydroxylation is 9. The molecule has 2 aliphatic rings. The van der Waals surface area contributed by atoms with E-state index in [9.17, 15) is 0 Å². The summed E-state index contributed by atoms with van der Waals surface area (Å²) in [6, 6.07) is 91.6. The highest BCUT2D eigenvalue weighted by Crippen LogP contribution is 2.46. The number of hydrogen-bond donors (Lipinski definition) is 0. The highest BCUT2D eigenvalue weighted by atomic mass is 16.3. The second-order valence-electron chi connectivity index (χ2n) is 35.4. The van der Waals surface area contributed by atoms with E-state index in [0.717, 1.165) is 207 Å². The van der Waals surface area contributed by atoms with Crippen molar-refractivity contribution in [3.05, 3.63) is 336 Å². The molecule has 13 aromatic carbocycles. The van der Waals surface area contributed by atoms with Crippen LogP contribution in [0.3, 0.4) is 0 Å². The van der Waals surface area contributed by atoms with Gasteiger partial charge < -0.3 is 17.7 Å². The Balaban J connectivity index is 0.000000110. The standard InChI is InChI=1S/C30H24NO.C30H30NO.C28H26NO.C28H28NO/c1-19-18-31(3)27(17-26(19)21-9-5-4-6-10-21)23-14-15-25-29-24-12-8-7-11-22(24)13-16-28(29)32-30(25)20(23)2;1-20-24(27-19-22(16-17-31(27)2)18-21-8-4-3-5-9-21)13-14-26-29-25-11-7-6-10-23(25)12-15-28(29)32-30(20)26;1-18-22(25-17-21(15-16-29(25)2)19-7-3-4-8-19)12-13-24-27-23-10-6-5-9-20(23)11-14-26(27)30-28(18)24;1-18-21(24-16-19(14-15-29(24)5)17-28(2,3)4)11-12-23-26-22-9-7-6-8-20(22)10-13-25(26)30-27(18)23/h4-18H,1-3H3;6-7,10-17,19,21H,3-5,8-9,18H2,1-2H3;5-6,9-17,19H,3-4,7-8H2,1-2H3;6-16H,17H2,1-5H3/q4*+1/i1D3;18D2;19D;17D2. The number of benzene rings is 13. The van der Waals surface area contributed by atoms with Gasteiger partial charge in [0.15, 0.2) is 24.8 Å². The normalized spacial score (nSPS) is 15.1. The molecule has 0 bridgehead atoms. The molecule has 0 saturated heterocycles. The Hall–Kier alpha value is -13.3. The molecule has 0 spiro atoms. The number of furan rings is 4. The van der Waals surface area contributed by atoms with Gasteiger partial charge in [0.1, 0.15) is 72.9 Å². The predicted molar refractivity (Wildman–Crippen MR) is 515 cm³/mol. The Labute approximate surface area is 737 Å². The van der Waals surface area contributed by atoms with Crippen molar-refractivity contribution in [2.24, 2.45) is 39.5 Å². The monoisotopic (exact) mass is 1630 g/mol. The van der Waals surface area contributed by atoms with Crippen molar-refractivity contribution < 1.29 is 46.9 Å². The molecule has 0 N–H and O–H groups in total. The van der Waals surface area contributed by atoms with Gasteiger partial charge in [0.2, 0.25) is 22.8 Å². The highest BCUT2D eigenvalue weighted by Gasteiger charge is 2.29. The SMILES string of the molecule is [2H]C([2H])([2H])c1c[n+](C)c(-c2ccc3c(oc4ccc5ccccc5c43)c2C)cc1-c1ccccc1.[2H]C([2H])(c1cc[n+](C)c(-c2ccc3c(oc4ccc5ccccc5c43)c2C)c1)C(C)(C)C.[2H]C([2H])(c1cc[n+](C)c(-c2ccc3c(oc4ccc5ccccc5c43)c2C)c1)C1CCCCC1.[2H]C1(c2cc[n+](C)c(-c3ccc4c(oc5ccc6ccccc6c54)c3C)c2)CCCC1. The number of hydrogen-bond acceptors (Lipinski definition) is 4. The summed E-state index contributed by atoms with van der Waals surface area (Å²) in [4.78, 5) is 0. The Morgan fingerprint density at radius 2 is 0.702 bits per heavy atom. The highest BCUT2D eigenvalue weighted by molar-refractivity contribution is 6.23. The van der Waals surface area contributed by atoms with Gasteiger partial charge in [0, 0.05) is 124 Å². The molecular weight excluding hydrogens is 1510 g/mol. The van der Waals surface area contributed by atoms with Crippen LogP contribution in [0, 0.1) is 45.9 Å². The summed E-state index contributed by atoms with van der Waals surface area (Å²) < 4.78 is 102. The molecular formula is C116H108N4O4+4. The average Bonchev–Trinajstić information content (AvgIpc) is 1.58. The molecule has 0 amide bonds. The topological polar surface area (TPSA) is 68.1 Å². The second-order valence-corrected chi connectivity index (χ2v) is 35.4. The maximum atomic E-state index is 8.96. The fourth-order valence-corrected chi connectivity index (χ4v) is 19.8. The molecule has 21 aromatic rings. The largest absolute Gasteiger partial charge is 0.456 e. The van der Waals surface area contributed by atoms with Crippen molar-refractivity contribution in [1.29, 1.82) is 0 Å². The van der Waals surface area contributed by atoms with Gasteiger partial charge in [0.05, 0.1) is 22.3 Å². The van der Waals surface area contributed by atoms with E-state index in [1.54, 1.807) is 6.20 Å². The Kier molecular flexibility index (Phi) is 18.4. The zero-order valence-electron chi connectivity index (χ0n) is 80.6. The smallest absolute Gasteiger partial charge is 0.213 e. The first-order valence-electron chi connectivity index (χ1n) is 47.9. The molecule has 0 aliphatic heterocycles. The van der Waals surface area contributed by atoms with E-state index in [1.165, 1.54) is 65.8 Å². The maximum absolute atomic E-state index is 8.96. The van der Waals surface area contributed by atoms with Crippen LogP contribution in [-0.2, 0) is 40.9 Å². The first-order chi connectivity index (χ1) is 63.4. The van der Waals surface area contributed by atoms with Gasteiger partial charge in [0.25, 0.3) is 0 Å². The van der Waals surface area contributed by atoms with E-state index >= 15 is 0 Å². The van der Waals surface area contributed by atoms with Gasteiger partial charge in [-0.1, -0.05) is 217 Å². The molecule has 124 heavy (non-hydrogen) atoms. The Bertz CT molecular complexity index is 8180. The molecule has 8 heterocycles. The zero-order chi connectivity index (χ0) is 91.8. The lowest BCUT2D eigenvalue weighted by Gasteiger charge is -2.21. The van der Waals surface area contributed by atoms with E-state index in [0.29, 0.717) is 16.7 Å². The molecule has 2 fully saturated rings. The van der Waals surface area contributed by atoms with Gasteiger partial charge in [-0.25, -0.2) is 18.3 Å². The van der Waals surface area contributed by atoms with Crippen LogP contribution in [0.5, 0.6) is 0 Å². The van der Waals surface area contributed by atoms with Crippen LogP contribution in [0.25, 0.3) is 187 Å². The van der Waals surface area contributed by atoms with Crippen LogP contribution in [-0.4, -0.2) is 0 Å². The zero-order valence-corrected chi connectivity index (χ0v) is 72.6. The van der Waals surface area contributed by atoms with Crippen molar-refractivity contribution in [1.82, 2.24) is 0 Å². The van der Waals surface area contributed by atoms with Crippen LogP contribution in [0.1, 0.15) is 140 Å². The number of pyridine rings is 4. The molecule has 23 rings (SSSR count). The van der Waals surface area contributed by atoms with Gasteiger partial charge in [-0.15, -0.1) is 0 Å². The Morgan fingerprint density at radius 1 is 0.347 bits per heavy atom. The molecule has 8 nitrogen and oxygen atoms in total. The van der Waals surface area contributed by atoms with Crippen LogP contribution < -0.4 is 18.3 Å². The summed E-state index contributed by atoms with van der Waals surface area (Å²) in [6.07, 6.45) is 14.7. The van der Waals surface area contributed by atoms with Crippen LogP contribution >= 0.6 is 0 Å². The van der Waals surface area contributed by atoms with E-state index in [-0.39, 0.29) is 5.92 Å². The van der Waals surface area contributed by atoms with Crippen LogP contribution in [0.4, 0.5) is 0 Å². The third-order valence-corrected chi connectivity index (χ3v) is 26.1. The molecule has 8 heteroatoms. The molecule has 0 radical (unpaired) electrons. The van der Waals surface area contributed by atoms with E-state index in [2.05, 4.69) is 255 Å². The summed E-state index contributed by atoms with van der Waals surface area (Å²) in [5.41, 5.74) is 23.9. The number of aromatic nitrogens is 4. The van der Waals surface area contributed by atoms with Crippen molar-refractivity contribution in [3.8, 4) is 56.2 Å². The molecule has 8 aromatic heterocycles. The minimum Gasteiger partial charge on any atom is -0.456 e. The number of fused-ring (bicyclic) bond motifs is 20. The lowest BCUT2D eigenvalue weighted by molar-refractivity contribution is -0.660. The van der Waals surface area contributed by atoms with Crippen molar-refractivity contribution >= 4 is 131 Å². The van der Waals surface area contributed by atoms with E-state index in [1.807, 2.05) is 126 Å².